The second-order valence-electron chi connectivity index (χ2n) is 10.3. The third-order valence-corrected chi connectivity index (χ3v) is 6.34. The fourth-order valence-electron chi connectivity index (χ4n) is 5.25. The molecular formula is C25H33FN6O2. The highest BCUT2D eigenvalue weighted by Gasteiger charge is 2.40. The Morgan fingerprint density at radius 2 is 1.85 bits per heavy atom. The number of piperidine rings is 1. The molecule has 1 aromatic carbocycles. The van der Waals surface area contributed by atoms with Crippen LogP contribution in [0.3, 0.4) is 0 Å². The second kappa shape index (κ2) is 9.21. The minimum atomic E-state index is -0.471. The van der Waals surface area contributed by atoms with Crippen LogP contribution in [-0.4, -0.2) is 58.2 Å². The number of anilines is 1. The summed E-state index contributed by atoms with van der Waals surface area (Å²) in [6.07, 6.45) is 3.37. The first-order valence-electron chi connectivity index (χ1n) is 11.6. The Kier molecular flexibility index (Phi) is 6.49. The van der Waals surface area contributed by atoms with E-state index in [0.717, 1.165) is 24.0 Å². The number of alkyl halides is 1. The highest BCUT2D eigenvalue weighted by atomic mass is 19.1. The van der Waals surface area contributed by atoms with Crippen LogP contribution in [0.25, 0.3) is 16.8 Å². The molecule has 0 aliphatic carbocycles. The summed E-state index contributed by atoms with van der Waals surface area (Å²) >= 11 is 0. The summed E-state index contributed by atoms with van der Waals surface area (Å²) in [6, 6.07) is 8.82. The predicted octanol–water partition coefficient (Wildman–Crippen LogP) is 3.59. The van der Waals surface area contributed by atoms with Crippen molar-refractivity contribution in [3.8, 4) is 17.0 Å². The third kappa shape index (κ3) is 5.30. The molecule has 8 nitrogen and oxygen atoms in total. The molecule has 1 fully saturated rings. The van der Waals surface area contributed by atoms with Gasteiger partial charge in [-0.25, -0.2) is 9.18 Å². The van der Waals surface area contributed by atoms with Crippen molar-refractivity contribution < 1.29 is 14.3 Å². The van der Waals surface area contributed by atoms with Crippen molar-refractivity contribution in [1.82, 2.24) is 26.1 Å². The van der Waals surface area contributed by atoms with E-state index in [-0.39, 0.29) is 35.4 Å². The molecule has 4 rings (SSSR count). The summed E-state index contributed by atoms with van der Waals surface area (Å²) in [6.45, 7) is 8.85. The van der Waals surface area contributed by atoms with E-state index in [2.05, 4.69) is 53.8 Å². The lowest BCUT2D eigenvalue weighted by atomic mass is 9.79. The Balaban J connectivity index is 1.56. The second-order valence-corrected chi connectivity index (χ2v) is 10.3. The number of nitrogens with one attached hydrogen (secondary N) is 3. The molecule has 0 atom stereocenters. The maximum Gasteiger partial charge on any atom is 0.319 e. The summed E-state index contributed by atoms with van der Waals surface area (Å²) in [5.74, 6) is 0.699. The number of hydrogen-bond acceptors (Lipinski definition) is 6. The Bertz CT molecular complexity index is 1070. The summed E-state index contributed by atoms with van der Waals surface area (Å²) in [7, 11) is 0. The molecule has 0 spiro atoms. The Hall–Kier alpha value is -3.20. The normalized spacial score (nSPS) is 19.7. The topological polar surface area (TPSA) is 102 Å². The molecular weight excluding hydrogens is 435 g/mol. The minimum Gasteiger partial charge on any atom is -0.507 e. The van der Waals surface area contributed by atoms with Gasteiger partial charge in [-0.05, 0) is 75.9 Å². The molecule has 2 aliphatic rings. The van der Waals surface area contributed by atoms with E-state index in [1.165, 1.54) is 0 Å². The van der Waals surface area contributed by atoms with Gasteiger partial charge in [-0.1, -0.05) is 6.07 Å². The number of carbonyl (C=O) groups excluding carboxylic acids is 1. The van der Waals surface area contributed by atoms with E-state index in [1.54, 1.807) is 24.4 Å². The zero-order valence-corrected chi connectivity index (χ0v) is 20.2. The Morgan fingerprint density at radius 3 is 2.41 bits per heavy atom. The molecule has 2 amide bonds. The van der Waals surface area contributed by atoms with Crippen LogP contribution in [0.4, 0.5) is 15.0 Å². The summed E-state index contributed by atoms with van der Waals surface area (Å²) in [5, 5.41) is 28.4. The summed E-state index contributed by atoms with van der Waals surface area (Å²) in [5.41, 5.74) is 2.59. The average Bonchev–Trinajstić information content (AvgIpc) is 2.76. The minimum absolute atomic E-state index is 0.0693. The molecule has 4 N–H and O–H groups in total. The highest BCUT2D eigenvalue weighted by molar-refractivity contribution is 5.84. The van der Waals surface area contributed by atoms with Gasteiger partial charge in [-0.3, -0.25) is 0 Å². The van der Waals surface area contributed by atoms with Crippen LogP contribution in [0.5, 0.6) is 5.75 Å². The first-order valence-corrected chi connectivity index (χ1v) is 11.6. The van der Waals surface area contributed by atoms with Crippen LogP contribution in [0, 0.1) is 0 Å². The van der Waals surface area contributed by atoms with Crippen LogP contribution in [0.1, 0.15) is 46.1 Å². The van der Waals surface area contributed by atoms with Gasteiger partial charge in [0.2, 0.25) is 0 Å². The number of benzene rings is 1. The van der Waals surface area contributed by atoms with Crippen LogP contribution in [-0.2, 0) is 0 Å². The maximum atomic E-state index is 13.5. The molecule has 9 heteroatoms. The number of rotatable bonds is 6. The quantitative estimate of drug-likeness (QED) is 0.517. The van der Waals surface area contributed by atoms with Gasteiger partial charge in [0.05, 0.1) is 5.69 Å². The maximum absolute atomic E-state index is 13.5. The molecule has 3 heterocycles. The lowest BCUT2D eigenvalue weighted by Crippen LogP contribution is -2.62. The summed E-state index contributed by atoms with van der Waals surface area (Å²) < 4.78 is 13.5. The van der Waals surface area contributed by atoms with E-state index < -0.39 is 6.67 Å². The van der Waals surface area contributed by atoms with Gasteiger partial charge in [0, 0.05) is 42.0 Å². The Morgan fingerprint density at radius 1 is 1.12 bits per heavy atom. The van der Waals surface area contributed by atoms with E-state index in [1.807, 2.05) is 17.0 Å². The number of aromatic hydroxyl groups is 1. The van der Waals surface area contributed by atoms with E-state index in [0.29, 0.717) is 23.6 Å². The van der Waals surface area contributed by atoms with Gasteiger partial charge >= 0.3 is 6.03 Å². The fourth-order valence-corrected chi connectivity index (χ4v) is 5.25. The van der Waals surface area contributed by atoms with Crippen LogP contribution in [0.2, 0.25) is 0 Å². The number of carbonyl (C=O) groups is 1. The van der Waals surface area contributed by atoms with Crippen LogP contribution < -0.4 is 20.9 Å². The number of halogens is 1. The number of amides is 2. The van der Waals surface area contributed by atoms with Gasteiger partial charge in [0.15, 0.2) is 5.82 Å². The van der Waals surface area contributed by atoms with Crippen molar-refractivity contribution in [1.29, 1.82) is 0 Å². The van der Waals surface area contributed by atoms with Crippen molar-refractivity contribution in [3.05, 3.63) is 42.1 Å². The Labute approximate surface area is 199 Å². The lowest BCUT2D eigenvalue weighted by molar-refractivity contribution is 0.157. The first-order chi connectivity index (χ1) is 16.1. The number of phenolic OH excluding ortho intramolecular Hbond substituents is 1. The molecule has 0 bridgehead atoms. The smallest absolute Gasteiger partial charge is 0.319 e. The van der Waals surface area contributed by atoms with Crippen LogP contribution >= 0.6 is 0 Å². The van der Waals surface area contributed by atoms with Crippen molar-refractivity contribution >= 4 is 17.4 Å². The molecule has 2 aromatic rings. The van der Waals surface area contributed by atoms with Crippen LogP contribution in [0.15, 0.2) is 36.5 Å². The number of nitrogens with zero attached hydrogens (tertiary/aromatic N) is 3. The van der Waals surface area contributed by atoms with Gasteiger partial charge in [0.25, 0.3) is 0 Å². The lowest BCUT2D eigenvalue weighted by Gasteiger charge is -2.49. The van der Waals surface area contributed by atoms with Gasteiger partial charge in [0.1, 0.15) is 12.4 Å². The molecule has 2 aliphatic heterocycles. The van der Waals surface area contributed by atoms with Gasteiger partial charge in [-0.15, -0.1) is 10.2 Å². The number of aromatic nitrogens is 2. The fraction of sp³-hybridized carbons (Fsp3) is 0.480. The molecule has 34 heavy (non-hydrogen) atoms. The third-order valence-electron chi connectivity index (χ3n) is 6.34. The molecule has 0 radical (unpaired) electrons. The highest BCUT2D eigenvalue weighted by Crippen LogP contribution is 2.35. The van der Waals surface area contributed by atoms with E-state index >= 15 is 0 Å². The zero-order valence-electron chi connectivity index (χ0n) is 20.2. The monoisotopic (exact) mass is 468 g/mol. The van der Waals surface area contributed by atoms with E-state index in [9.17, 15) is 14.3 Å². The number of urea groups is 1. The van der Waals surface area contributed by atoms with Crippen molar-refractivity contribution in [2.45, 2.75) is 57.7 Å². The SMILES string of the molecule is CC1(C)CC(N(CCF)c2ccc(-c3ccc(C4=CNC(=O)NC4)cc3O)nn2)CC(C)(C)N1. The zero-order chi connectivity index (χ0) is 24.5. The first kappa shape index (κ1) is 23.9. The standard InChI is InChI=1S/C25H33FN6O2/c1-24(2)12-18(13-25(3,4)31-24)32(10-9-26)22-8-7-20(29-30-22)19-6-5-16(11-21(19)33)17-14-27-23(34)28-15-17/h5-8,11,14,18,31,33H,9-10,12-13,15H2,1-4H3,(H2,27,28,34). The molecule has 1 aromatic heterocycles. The van der Waals surface area contributed by atoms with Gasteiger partial charge in [-0.2, -0.15) is 0 Å². The molecule has 0 unspecified atom stereocenters. The van der Waals surface area contributed by atoms with Crippen molar-refractivity contribution in [2.24, 2.45) is 0 Å². The van der Waals surface area contributed by atoms with Crippen molar-refractivity contribution in [3.63, 3.8) is 0 Å². The van der Waals surface area contributed by atoms with E-state index in [4.69, 9.17) is 0 Å². The largest absolute Gasteiger partial charge is 0.507 e. The predicted molar refractivity (Wildman–Crippen MR) is 131 cm³/mol. The molecule has 182 valence electrons. The van der Waals surface area contributed by atoms with Crippen molar-refractivity contribution in [2.75, 3.05) is 24.7 Å². The average molecular weight is 469 g/mol. The molecule has 0 saturated carbocycles. The number of phenols is 1. The molecule has 1 saturated heterocycles. The summed E-state index contributed by atoms with van der Waals surface area (Å²) in [4.78, 5) is 13.3. The van der Waals surface area contributed by atoms with Gasteiger partial charge < -0.3 is 26.0 Å². The number of hydrogen-bond donors (Lipinski definition) is 4.